The third-order valence-electron chi connectivity index (χ3n) is 3.66. The summed E-state index contributed by atoms with van der Waals surface area (Å²) >= 11 is 0. The van der Waals surface area contributed by atoms with Gasteiger partial charge in [0.15, 0.2) is 0 Å². The van der Waals surface area contributed by atoms with Gasteiger partial charge in [-0.3, -0.25) is 21.3 Å². The molecule has 0 aromatic heterocycles. The van der Waals surface area contributed by atoms with Crippen molar-refractivity contribution in [3.05, 3.63) is 48.0 Å². The summed E-state index contributed by atoms with van der Waals surface area (Å²) in [6.45, 7) is 1.07. The molecule has 2 aromatic carbocycles. The van der Waals surface area contributed by atoms with Crippen LogP contribution in [0.1, 0.15) is 18.4 Å². The second-order valence-corrected chi connectivity index (χ2v) is 5.48. The van der Waals surface area contributed by atoms with Gasteiger partial charge in [-0.2, -0.15) is 0 Å². The van der Waals surface area contributed by atoms with E-state index in [2.05, 4.69) is 22.4 Å². The Morgan fingerprint density at radius 1 is 1.17 bits per heavy atom. The summed E-state index contributed by atoms with van der Waals surface area (Å²) in [5.74, 6) is -0.698. The van der Waals surface area contributed by atoms with E-state index >= 15 is 0 Å². The minimum absolute atomic E-state index is 0.154. The molecular formula is C17H23N4O2+. The maximum Gasteiger partial charge on any atom is 0.338 e. The van der Waals surface area contributed by atoms with E-state index in [-0.39, 0.29) is 5.96 Å². The zero-order chi connectivity index (χ0) is 16.7. The van der Waals surface area contributed by atoms with E-state index < -0.39 is 12.0 Å². The summed E-state index contributed by atoms with van der Waals surface area (Å²) in [6.07, 6.45) is 1.17. The molecule has 1 atom stereocenters. The minimum Gasteiger partial charge on any atom is -0.480 e. The predicted molar refractivity (Wildman–Crippen MR) is 90.7 cm³/mol. The van der Waals surface area contributed by atoms with Crippen LogP contribution >= 0.6 is 0 Å². The fraction of sp³-hybridized carbons (Fsp3) is 0.294. The molecular weight excluding hydrogens is 292 g/mol. The van der Waals surface area contributed by atoms with Crippen LogP contribution in [0.25, 0.3) is 10.8 Å². The highest BCUT2D eigenvalue weighted by Crippen LogP contribution is 2.15. The van der Waals surface area contributed by atoms with E-state index in [9.17, 15) is 9.90 Å². The lowest BCUT2D eigenvalue weighted by Crippen LogP contribution is -2.78. The number of guanidine groups is 1. The van der Waals surface area contributed by atoms with Crippen molar-refractivity contribution < 1.29 is 14.9 Å². The molecule has 0 fully saturated rings. The van der Waals surface area contributed by atoms with Gasteiger partial charge in [-0.05, 0) is 35.2 Å². The van der Waals surface area contributed by atoms with Gasteiger partial charge in [0.2, 0.25) is 0 Å². The van der Waals surface area contributed by atoms with E-state index in [1.165, 1.54) is 5.39 Å². The van der Waals surface area contributed by atoms with Crippen LogP contribution in [0.4, 0.5) is 0 Å². The number of hydrogen-bond donors (Lipinski definition) is 5. The molecule has 6 nitrogen and oxygen atoms in total. The van der Waals surface area contributed by atoms with Gasteiger partial charge in [-0.15, -0.1) is 0 Å². The zero-order valence-electron chi connectivity index (χ0n) is 13.0. The Morgan fingerprint density at radius 3 is 2.61 bits per heavy atom. The molecule has 2 rings (SSSR count). The zero-order valence-corrected chi connectivity index (χ0v) is 13.0. The molecule has 0 spiro atoms. The number of hydrogen-bond acceptors (Lipinski definition) is 2. The Bertz CT molecular complexity index is 696. The Hall–Kier alpha value is -2.60. The SMILES string of the molecule is NC(N)=[NH+]CCC[C@@H](NCc1ccc2ccccc2c1)C(=O)O. The van der Waals surface area contributed by atoms with Crippen LogP contribution in [0.15, 0.2) is 42.5 Å². The molecule has 0 radical (unpaired) electrons. The topological polar surface area (TPSA) is 115 Å². The van der Waals surface area contributed by atoms with E-state index in [1.54, 1.807) is 0 Å². The molecule has 0 aliphatic heterocycles. The minimum atomic E-state index is -0.851. The van der Waals surface area contributed by atoms with Crippen LogP contribution in [-0.4, -0.2) is 29.6 Å². The first kappa shape index (κ1) is 16.8. The molecule has 7 N–H and O–H groups in total. The van der Waals surface area contributed by atoms with Gasteiger partial charge in [-0.25, -0.2) is 0 Å². The molecule has 6 heteroatoms. The van der Waals surface area contributed by atoms with Crippen molar-refractivity contribution in [2.45, 2.75) is 25.4 Å². The van der Waals surface area contributed by atoms with Crippen LogP contribution < -0.4 is 21.8 Å². The quantitative estimate of drug-likeness (QED) is 0.256. The lowest BCUT2D eigenvalue weighted by molar-refractivity contribution is -0.459. The molecule has 122 valence electrons. The van der Waals surface area contributed by atoms with Gasteiger partial charge < -0.3 is 10.4 Å². The summed E-state index contributed by atoms with van der Waals surface area (Å²) < 4.78 is 0. The maximum atomic E-state index is 11.3. The normalized spacial score (nSPS) is 12.0. The van der Waals surface area contributed by atoms with Gasteiger partial charge in [0, 0.05) is 6.54 Å². The second-order valence-electron chi connectivity index (χ2n) is 5.48. The van der Waals surface area contributed by atoms with Gasteiger partial charge >= 0.3 is 11.9 Å². The third-order valence-corrected chi connectivity index (χ3v) is 3.66. The van der Waals surface area contributed by atoms with Crippen molar-refractivity contribution in [1.29, 1.82) is 0 Å². The van der Waals surface area contributed by atoms with Crippen molar-refractivity contribution >= 4 is 22.7 Å². The monoisotopic (exact) mass is 315 g/mol. The predicted octanol–water partition coefficient (Wildman–Crippen LogP) is -0.483. The number of aliphatic carboxylic acids is 1. The molecule has 0 saturated carbocycles. The summed E-state index contributed by atoms with van der Waals surface area (Å²) in [4.78, 5) is 14.1. The number of rotatable bonds is 8. The van der Waals surface area contributed by atoms with Crippen LogP contribution in [0.5, 0.6) is 0 Å². The average Bonchev–Trinajstić information content (AvgIpc) is 2.53. The summed E-state index contributed by atoms with van der Waals surface area (Å²) in [5.41, 5.74) is 11.7. The summed E-state index contributed by atoms with van der Waals surface area (Å²) in [6, 6.07) is 13.6. The standard InChI is InChI=1S/C17H22N4O2/c18-17(19)20-9-3-6-15(16(22)23)21-11-12-7-8-13-4-1-2-5-14(13)10-12/h1-2,4-5,7-8,10,15,21H,3,6,9,11H2,(H,22,23)(H4,18,19,20)/p+1/t15-/m1/s1. The van der Waals surface area contributed by atoms with Crippen LogP contribution in [0.3, 0.4) is 0 Å². The first-order valence-electron chi connectivity index (χ1n) is 7.62. The number of fused-ring (bicyclic) bond motifs is 1. The number of nitrogens with two attached hydrogens (primary N) is 2. The number of carbonyl (C=O) groups is 1. The summed E-state index contributed by atoms with van der Waals surface area (Å²) in [5, 5.41) is 14.7. The van der Waals surface area contributed by atoms with Crippen molar-refractivity contribution in [3.63, 3.8) is 0 Å². The first-order chi connectivity index (χ1) is 11.1. The van der Waals surface area contributed by atoms with E-state index in [1.807, 2.05) is 30.3 Å². The average molecular weight is 315 g/mol. The van der Waals surface area contributed by atoms with Crippen molar-refractivity contribution in [2.75, 3.05) is 6.54 Å². The lowest BCUT2D eigenvalue weighted by atomic mass is 10.1. The molecule has 23 heavy (non-hydrogen) atoms. The third kappa shape index (κ3) is 5.27. The molecule has 0 amide bonds. The smallest absolute Gasteiger partial charge is 0.338 e. The lowest BCUT2D eigenvalue weighted by Gasteiger charge is -2.14. The van der Waals surface area contributed by atoms with E-state index in [4.69, 9.17) is 11.5 Å². The summed E-state index contributed by atoms with van der Waals surface area (Å²) in [7, 11) is 0. The van der Waals surface area contributed by atoms with Gasteiger partial charge in [-0.1, -0.05) is 36.4 Å². The fourth-order valence-corrected chi connectivity index (χ4v) is 2.44. The number of benzene rings is 2. The Labute approximate surface area is 135 Å². The van der Waals surface area contributed by atoms with Gasteiger partial charge in [0.05, 0.1) is 6.54 Å². The molecule has 0 aliphatic rings. The maximum absolute atomic E-state index is 11.3. The molecule has 0 bridgehead atoms. The van der Waals surface area contributed by atoms with Crippen molar-refractivity contribution in [3.8, 4) is 0 Å². The van der Waals surface area contributed by atoms with Gasteiger partial charge in [0.1, 0.15) is 6.04 Å². The van der Waals surface area contributed by atoms with Crippen molar-refractivity contribution in [2.24, 2.45) is 11.5 Å². The number of carboxylic acid groups (broad SMARTS) is 1. The van der Waals surface area contributed by atoms with Gasteiger partial charge in [0.25, 0.3) is 0 Å². The molecule has 0 unspecified atom stereocenters. The van der Waals surface area contributed by atoms with Crippen LogP contribution in [0, 0.1) is 0 Å². The van der Waals surface area contributed by atoms with Crippen molar-refractivity contribution in [1.82, 2.24) is 5.32 Å². The first-order valence-corrected chi connectivity index (χ1v) is 7.62. The number of nitrogens with one attached hydrogen (secondary N) is 2. The Morgan fingerprint density at radius 2 is 1.91 bits per heavy atom. The van der Waals surface area contributed by atoms with E-state index in [0.29, 0.717) is 25.9 Å². The van der Waals surface area contributed by atoms with Crippen LogP contribution in [0.2, 0.25) is 0 Å². The van der Waals surface area contributed by atoms with E-state index in [0.717, 1.165) is 10.9 Å². The highest BCUT2D eigenvalue weighted by atomic mass is 16.4. The number of carboxylic acids is 1. The highest BCUT2D eigenvalue weighted by molar-refractivity contribution is 5.83. The molecule has 0 saturated heterocycles. The second kappa shape index (κ2) is 8.14. The Balaban J connectivity index is 1.91. The molecule has 0 heterocycles. The highest BCUT2D eigenvalue weighted by Gasteiger charge is 2.16. The fourth-order valence-electron chi connectivity index (χ4n) is 2.44. The molecule has 0 aliphatic carbocycles. The van der Waals surface area contributed by atoms with Crippen LogP contribution in [-0.2, 0) is 11.3 Å². The Kier molecular flexibility index (Phi) is 5.94. The molecule has 2 aromatic rings. The largest absolute Gasteiger partial charge is 0.480 e.